The molecule has 2 aromatic carbocycles. The Labute approximate surface area is 167 Å². The first kappa shape index (κ1) is 17.8. The lowest BCUT2D eigenvalue weighted by molar-refractivity contribution is 0.0697. The molecule has 5 rings (SSSR count). The van der Waals surface area contributed by atoms with Gasteiger partial charge in [-0.3, -0.25) is 0 Å². The van der Waals surface area contributed by atoms with Crippen molar-refractivity contribution in [1.82, 2.24) is 9.78 Å². The highest BCUT2D eigenvalue weighted by Gasteiger charge is 2.30. The number of carboxylic acid groups (broad SMARTS) is 1. The summed E-state index contributed by atoms with van der Waals surface area (Å²) in [5, 5.41) is 14.3. The Balaban J connectivity index is 1.70. The third kappa shape index (κ3) is 2.94. The van der Waals surface area contributed by atoms with Gasteiger partial charge >= 0.3 is 5.97 Å². The van der Waals surface area contributed by atoms with Gasteiger partial charge in [-0.1, -0.05) is 6.07 Å². The Bertz CT molecular complexity index is 1110. The first-order valence-electron chi connectivity index (χ1n) is 9.71. The predicted molar refractivity (Wildman–Crippen MR) is 107 cm³/mol. The zero-order valence-corrected chi connectivity index (χ0v) is 15.8. The summed E-state index contributed by atoms with van der Waals surface area (Å²) in [6, 6.07) is 12.7. The Kier molecular flexibility index (Phi) is 4.24. The van der Waals surface area contributed by atoms with Crippen molar-refractivity contribution in [2.75, 3.05) is 13.3 Å². The number of ether oxygens (including phenoxy) is 2. The van der Waals surface area contributed by atoms with E-state index in [2.05, 4.69) is 0 Å². The van der Waals surface area contributed by atoms with Gasteiger partial charge in [-0.2, -0.15) is 5.10 Å². The van der Waals surface area contributed by atoms with E-state index >= 15 is 0 Å². The number of rotatable bonds is 4. The second-order valence-corrected chi connectivity index (χ2v) is 7.37. The Morgan fingerprint density at radius 2 is 2.07 bits per heavy atom. The average molecular weight is 391 g/mol. The molecule has 3 aromatic rings. The minimum Gasteiger partial charge on any atom is -0.478 e. The fourth-order valence-electron chi connectivity index (χ4n) is 4.27. The summed E-state index contributed by atoms with van der Waals surface area (Å²) >= 11 is 0. The maximum Gasteiger partial charge on any atom is 0.335 e. The number of carboxylic acids is 1. The smallest absolute Gasteiger partial charge is 0.335 e. The van der Waals surface area contributed by atoms with E-state index < -0.39 is 5.97 Å². The number of aromatic carboxylic acids is 1. The van der Waals surface area contributed by atoms with Crippen LogP contribution in [0.2, 0.25) is 0 Å². The van der Waals surface area contributed by atoms with Crippen LogP contribution in [0.15, 0.2) is 42.5 Å². The lowest BCUT2D eigenvalue weighted by atomic mass is 9.84. The molecular formula is C22H21N3O4. The molecule has 0 radical (unpaired) electrons. The van der Waals surface area contributed by atoms with Crippen LogP contribution in [-0.2, 0) is 6.42 Å². The quantitative estimate of drug-likeness (QED) is 0.708. The molecule has 7 nitrogen and oxygen atoms in total. The molecule has 0 bridgehead atoms. The average Bonchev–Trinajstić information content (AvgIpc) is 3.37. The van der Waals surface area contributed by atoms with Crippen molar-refractivity contribution in [3.8, 4) is 28.4 Å². The first-order chi connectivity index (χ1) is 14.2. The molecule has 2 heterocycles. The molecule has 2 aliphatic rings. The number of nitrogens with zero attached hydrogens (tertiary/aromatic N) is 2. The van der Waals surface area contributed by atoms with E-state index in [-0.39, 0.29) is 18.3 Å². The second kappa shape index (κ2) is 6.93. The third-order valence-electron chi connectivity index (χ3n) is 5.66. The van der Waals surface area contributed by atoms with Crippen molar-refractivity contribution in [1.29, 1.82) is 0 Å². The van der Waals surface area contributed by atoms with Crippen LogP contribution in [0.5, 0.6) is 11.5 Å². The van der Waals surface area contributed by atoms with E-state index in [0.717, 1.165) is 53.2 Å². The molecule has 1 unspecified atom stereocenters. The van der Waals surface area contributed by atoms with E-state index in [0.29, 0.717) is 12.3 Å². The molecule has 1 aliphatic heterocycles. The van der Waals surface area contributed by atoms with Gasteiger partial charge in [0.1, 0.15) is 0 Å². The summed E-state index contributed by atoms with van der Waals surface area (Å²) in [6.45, 7) is 0.768. The number of carbonyl (C=O) groups is 1. The highest BCUT2D eigenvalue weighted by atomic mass is 16.7. The van der Waals surface area contributed by atoms with Gasteiger partial charge in [-0.05, 0) is 62.2 Å². The fraction of sp³-hybridized carbons (Fsp3) is 0.273. The summed E-state index contributed by atoms with van der Waals surface area (Å²) in [5.41, 5.74) is 11.2. The van der Waals surface area contributed by atoms with Crippen molar-refractivity contribution in [3.05, 3.63) is 59.3 Å². The molecule has 0 spiro atoms. The van der Waals surface area contributed by atoms with Gasteiger partial charge in [0.2, 0.25) is 6.79 Å². The largest absolute Gasteiger partial charge is 0.478 e. The van der Waals surface area contributed by atoms with Crippen LogP contribution in [0.4, 0.5) is 0 Å². The monoisotopic (exact) mass is 391 g/mol. The molecule has 1 aliphatic carbocycles. The molecule has 148 valence electrons. The summed E-state index contributed by atoms with van der Waals surface area (Å²) in [6.07, 6.45) is 2.92. The van der Waals surface area contributed by atoms with Crippen LogP contribution < -0.4 is 15.2 Å². The standard InChI is InChI=1S/C22H21N3O4/c23-11-15-4-2-6-17-20(15)21(13-7-8-18-19(10-13)29-12-28-18)24-25(17)16-5-1-3-14(9-16)22(26)27/h1,3,5,7-10,15H,2,4,6,11-12,23H2,(H,26,27). The zero-order chi connectivity index (χ0) is 20.0. The lowest BCUT2D eigenvalue weighted by Crippen LogP contribution is -2.19. The second-order valence-electron chi connectivity index (χ2n) is 7.37. The van der Waals surface area contributed by atoms with Crippen LogP contribution in [0.25, 0.3) is 16.9 Å². The molecular weight excluding hydrogens is 370 g/mol. The van der Waals surface area contributed by atoms with Gasteiger partial charge in [-0.15, -0.1) is 0 Å². The highest BCUT2D eigenvalue weighted by Crippen LogP contribution is 2.42. The molecule has 0 saturated heterocycles. The number of aromatic nitrogens is 2. The highest BCUT2D eigenvalue weighted by molar-refractivity contribution is 5.88. The molecule has 7 heteroatoms. The summed E-state index contributed by atoms with van der Waals surface area (Å²) in [5.74, 6) is 0.699. The fourth-order valence-corrected chi connectivity index (χ4v) is 4.27. The zero-order valence-electron chi connectivity index (χ0n) is 15.8. The van der Waals surface area contributed by atoms with E-state index in [4.69, 9.17) is 20.3 Å². The van der Waals surface area contributed by atoms with E-state index in [1.54, 1.807) is 18.2 Å². The maximum atomic E-state index is 11.4. The van der Waals surface area contributed by atoms with Gasteiger partial charge in [0, 0.05) is 22.7 Å². The van der Waals surface area contributed by atoms with Crippen LogP contribution in [0, 0.1) is 0 Å². The number of hydrogen-bond acceptors (Lipinski definition) is 5. The van der Waals surface area contributed by atoms with Crippen molar-refractivity contribution < 1.29 is 19.4 Å². The molecule has 29 heavy (non-hydrogen) atoms. The third-order valence-corrected chi connectivity index (χ3v) is 5.66. The van der Waals surface area contributed by atoms with Gasteiger partial charge in [0.15, 0.2) is 11.5 Å². The van der Waals surface area contributed by atoms with Crippen molar-refractivity contribution in [3.63, 3.8) is 0 Å². The number of hydrogen-bond donors (Lipinski definition) is 2. The molecule has 3 N–H and O–H groups in total. The predicted octanol–water partition coefficient (Wildman–Crippen LogP) is 3.34. The summed E-state index contributed by atoms with van der Waals surface area (Å²) < 4.78 is 12.9. The maximum absolute atomic E-state index is 11.4. The minimum absolute atomic E-state index is 0.218. The first-order valence-corrected chi connectivity index (χ1v) is 9.71. The van der Waals surface area contributed by atoms with Crippen LogP contribution in [0.1, 0.15) is 40.4 Å². The summed E-state index contributed by atoms with van der Waals surface area (Å²) in [7, 11) is 0. The SMILES string of the molecule is NCC1CCCc2c1c(-c1ccc3c(c1)OCO3)nn2-c1cccc(C(=O)O)c1. The molecule has 0 saturated carbocycles. The molecule has 0 amide bonds. The Morgan fingerprint density at radius 1 is 1.21 bits per heavy atom. The Morgan fingerprint density at radius 3 is 2.90 bits per heavy atom. The van der Waals surface area contributed by atoms with E-state index in [1.165, 1.54) is 0 Å². The number of fused-ring (bicyclic) bond motifs is 2. The lowest BCUT2D eigenvalue weighted by Gasteiger charge is -2.23. The van der Waals surface area contributed by atoms with Crippen molar-refractivity contribution in [2.24, 2.45) is 5.73 Å². The van der Waals surface area contributed by atoms with E-state index in [1.807, 2.05) is 28.9 Å². The van der Waals surface area contributed by atoms with Gasteiger partial charge < -0.3 is 20.3 Å². The van der Waals surface area contributed by atoms with Crippen LogP contribution in [-0.4, -0.2) is 34.2 Å². The normalized spacial score (nSPS) is 17.2. The molecule has 0 fully saturated rings. The van der Waals surface area contributed by atoms with Gasteiger partial charge in [0.05, 0.1) is 16.9 Å². The number of benzene rings is 2. The van der Waals surface area contributed by atoms with Crippen molar-refractivity contribution >= 4 is 5.97 Å². The van der Waals surface area contributed by atoms with Gasteiger partial charge in [0.25, 0.3) is 0 Å². The van der Waals surface area contributed by atoms with Crippen LogP contribution in [0.3, 0.4) is 0 Å². The minimum atomic E-state index is -0.955. The molecule has 1 atom stereocenters. The van der Waals surface area contributed by atoms with Crippen molar-refractivity contribution in [2.45, 2.75) is 25.2 Å². The number of nitrogens with two attached hydrogens (primary N) is 1. The molecule has 1 aromatic heterocycles. The van der Waals surface area contributed by atoms with Gasteiger partial charge in [-0.25, -0.2) is 9.48 Å². The topological polar surface area (TPSA) is 99.6 Å². The van der Waals surface area contributed by atoms with Crippen LogP contribution >= 0.6 is 0 Å². The van der Waals surface area contributed by atoms with E-state index in [9.17, 15) is 9.90 Å². The Hall–Kier alpha value is -3.32. The summed E-state index contributed by atoms with van der Waals surface area (Å²) in [4.78, 5) is 11.4.